The molecule has 258 valence electrons. The Morgan fingerprint density at radius 2 is 1.40 bits per heavy atom. The second-order valence-corrected chi connectivity index (χ2v) is 15.1. The topological polar surface area (TPSA) is 150 Å². The number of rotatable bonds is 10. The predicted molar refractivity (Wildman–Crippen MR) is 190 cm³/mol. The Bertz CT molecular complexity index is 2340. The van der Waals surface area contributed by atoms with Crippen LogP contribution in [-0.2, 0) is 46.5 Å². The number of aryl methyl sites for hydroxylation is 2. The molecule has 0 bridgehead atoms. The van der Waals surface area contributed by atoms with Crippen LogP contribution >= 0.6 is 0 Å². The predicted octanol–water partition coefficient (Wildman–Crippen LogP) is 6.59. The lowest BCUT2D eigenvalue weighted by atomic mass is 9.91. The summed E-state index contributed by atoms with van der Waals surface area (Å²) in [7, 11) is -7.68. The zero-order chi connectivity index (χ0) is 35.8. The molecule has 5 aromatic rings. The van der Waals surface area contributed by atoms with Crippen LogP contribution in [0.5, 0.6) is 5.75 Å². The fourth-order valence-electron chi connectivity index (χ4n) is 6.38. The molecular weight excluding hydrogens is 677 g/mol. The third-order valence-corrected chi connectivity index (χ3v) is 10.5. The molecule has 5 aromatic carbocycles. The first-order valence-corrected chi connectivity index (χ1v) is 18.7. The van der Waals surface area contributed by atoms with Crippen molar-refractivity contribution >= 4 is 26.1 Å². The highest BCUT2D eigenvalue weighted by molar-refractivity contribution is 7.86. The van der Waals surface area contributed by atoms with Crippen molar-refractivity contribution in [2.75, 3.05) is 7.05 Å². The van der Waals surface area contributed by atoms with Crippen molar-refractivity contribution in [1.29, 1.82) is 0 Å². The van der Waals surface area contributed by atoms with E-state index in [0.717, 1.165) is 22.3 Å². The Hall–Kier alpha value is -4.85. The van der Waals surface area contributed by atoms with Gasteiger partial charge < -0.3 is 15.0 Å². The lowest BCUT2D eigenvalue weighted by molar-refractivity contribution is 0.0747. The summed E-state index contributed by atoms with van der Waals surface area (Å²) in [6, 6.07) is 26.9. The molecule has 1 aliphatic rings. The summed E-state index contributed by atoms with van der Waals surface area (Å²) in [6.45, 7) is 4.70. The third-order valence-electron chi connectivity index (χ3n) is 8.71. The average molecular weight is 713 g/mol. The van der Waals surface area contributed by atoms with E-state index in [1.54, 1.807) is 36.9 Å². The normalized spacial score (nSPS) is 12.9. The van der Waals surface area contributed by atoms with Gasteiger partial charge in [-0.05, 0) is 73.0 Å². The number of nitrogens with zero attached hydrogens (tertiary/aromatic N) is 1. The van der Waals surface area contributed by atoms with E-state index < -0.39 is 31.0 Å². The Labute approximate surface area is 291 Å². The van der Waals surface area contributed by atoms with Gasteiger partial charge in [0.1, 0.15) is 22.1 Å². The van der Waals surface area contributed by atoms with E-state index in [4.69, 9.17) is 4.74 Å². The lowest BCUT2D eigenvalue weighted by Gasteiger charge is -2.23. The summed E-state index contributed by atoms with van der Waals surface area (Å²) in [5.74, 6) is -0.397. The number of fused-ring (bicyclic) bond motifs is 1. The van der Waals surface area contributed by atoms with Crippen LogP contribution in [0.1, 0.15) is 43.7 Å². The minimum atomic E-state index is -4.81. The van der Waals surface area contributed by atoms with E-state index in [1.807, 2.05) is 55.6 Å². The van der Waals surface area contributed by atoms with Gasteiger partial charge in [-0.1, -0.05) is 83.9 Å². The van der Waals surface area contributed by atoms with Gasteiger partial charge >= 0.3 is 0 Å². The molecule has 3 N–H and O–H groups in total. The maximum absolute atomic E-state index is 14.9. The van der Waals surface area contributed by atoms with Gasteiger partial charge in [0.15, 0.2) is 0 Å². The van der Waals surface area contributed by atoms with E-state index in [1.165, 1.54) is 30.3 Å². The smallest absolute Gasteiger partial charge is 0.295 e. The van der Waals surface area contributed by atoms with Crippen LogP contribution < -0.4 is 10.1 Å². The minimum Gasteiger partial charge on any atom is -0.488 e. The summed E-state index contributed by atoms with van der Waals surface area (Å²) < 4.78 is 77.8. The molecule has 1 aliphatic heterocycles. The molecule has 0 fully saturated rings. The summed E-state index contributed by atoms with van der Waals surface area (Å²) in [5.41, 5.74) is 5.64. The fourth-order valence-corrected chi connectivity index (χ4v) is 7.76. The first-order valence-electron chi connectivity index (χ1n) is 15.8. The van der Waals surface area contributed by atoms with Crippen LogP contribution in [0.15, 0.2) is 107 Å². The fraction of sp³-hybridized carbons (Fsp3) is 0.184. The molecule has 10 nitrogen and oxygen atoms in total. The minimum absolute atomic E-state index is 0.0223. The number of amides is 1. The van der Waals surface area contributed by atoms with Gasteiger partial charge in [0, 0.05) is 36.3 Å². The molecule has 6 rings (SSSR count). The Balaban J connectivity index is 1.64. The van der Waals surface area contributed by atoms with Gasteiger partial charge in [0.25, 0.3) is 26.1 Å². The summed E-state index contributed by atoms with van der Waals surface area (Å²) in [6.07, 6.45) is 0. The number of carbonyl (C=O) groups excluding carboxylic acids is 1. The molecule has 0 radical (unpaired) electrons. The van der Waals surface area contributed by atoms with Crippen molar-refractivity contribution in [3.05, 3.63) is 136 Å². The number of benzene rings is 5. The van der Waals surface area contributed by atoms with Crippen LogP contribution in [0.3, 0.4) is 0 Å². The molecule has 0 atom stereocenters. The van der Waals surface area contributed by atoms with Gasteiger partial charge in [-0.15, -0.1) is 0 Å². The zero-order valence-electron chi connectivity index (χ0n) is 27.7. The second kappa shape index (κ2) is 13.8. The number of hydrogen-bond donors (Lipinski definition) is 3. The van der Waals surface area contributed by atoms with Crippen molar-refractivity contribution < 1.29 is 35.5 Å². The molecule has 0 aromatic heterocycles. The zero-order valence-corrected chi connectivity index (χ0v) is 29.3. The van der Waals surface area contributed by atoms with Gasteiger partial charge in [-0.25, -0.2) is 0 Å². The van der Waals surface area contributed by atoms with Crippen LogP contribution in [-0.4, -0.2) is 43.8 Å². The van der Waals surface area contributed by atoms with E-state index in [2.05, 4.69) is 5.32 Å². The van der Waals surface area contributed by atoms with Crippen molar-refractivity contribution in [2.45, 2.75) is 49.9 Å². The largest absolute Gasteiger partial charge is 0.488 e. The molecule has 0 aliphatic carbocycles. The highest BCUT2D eigenvalue weighted by Gasteiger charge is 2.33. The van der Waals surface area contributed by atoms with Crippen LogP contribution in [0.2, 0.25) is 0 Å². The highest BCUT2D eigenvalue weighted by atomic mass is 32.2. The van der Waals surface area contributed by atoms with Crippen LogP contribution in [0.25, 0.3) is 22.3 Å². The van der Waals surface area contributed by atoms with Gasteiger partial charge in [0.05, 0.1) is 5.56 Å². The molecule has 50 heavy (non-hydrogen) atoms. The van der Waals surface area contributed by atoms with Crippen molar-refractivity contribution in [2.24, 2.45) is 0 Å². The number of nitrogens with one attached hydrogen (secondary N) is 1. The summed E-state index contributed by atoms with van der Waals surface area (Å²) >= 11 is 0. The Morgan fingerprint density at radius 3 is 2.04 bits per heavy atom. The van der Waals surface area contributed by atoms with Crippen molar-refractivity contribution in [1.82, 2.24) is 10.2 Å². The first kappa shape index (κ1) is 35.0. The van der Waals surface area contributed by atoms with Gasteiger partial charge in [-0.3, -0.25) is 13.9 Å². The number of carbonyl (C=O) groups is 1. The quantitative estimate of drug-likeness (QED) is 0.136. The van der Waals surface area contributed by atoms with Gasteiger partial charge in [-0.2, -0.15) is 16.8 Å². The van der Waals surface area contributed by atoms with E-state index in [-0.39, 0.29) is 58.2 Å². The van der Waals surface area contributed by atoms with Crippen molar-refractivity contribution in [3.63, 3.8) is 0 Å². The van der Waals surface area contributed by atoms with E-state index in [9.17, 15) is 30.7 Å². The third kappa shape index (κ3) is 7.21. The number of hydrogen-bond acceptors (Lipinski definition) is 7. The molecule has 0 saturated heterocycles. The average Bonchev–Trinajstić information content (AvgIpc) is 3.52. The molecule has 12 heteroatoms. The van der Waals surface area contributed by atoms with Gasteiger partial charge in [0.2, 0.25) is 0 Å². The summed E-state index contributed by atoms with van der Waals surface area (Å²) in [5, 5.41) is 3.16. The van der Waals surface area contributed by atoms with Crippen LogP contribution in [0.4, 0.5) is 0 Å². The van der Waals surface area contributed by atoms with E-state index in [0.29, 0.717) is 17.7 Å². The lowest BCUT2D eigenvalue weighted by Crippen LogP contribution is -2.27. The SMILES string of the molecule is CNCc1cccc2c1CN(C(=O)c1c(OCc3ccccc3)cc(-c3cc(C)ccc3S(=O)(=O)O)cc1-c1cc(C)ccc1S(=O)(=O)O)C2. The maximum Gasteiger partial charge on any atom is 0.295 e. The Kier molecular flexibility index (Phi) is 9.67. The molecule has 0 unspecified atom stereocenters. The molecule has 0 saturated carbocycles. The maximum atomic E-state index is 14.9. The highest BCUT2D eigenvalue weighted by Crippen LogP contribution is 2.43. The molecule has 1 amide bonds. The molecular formula is C38H36N2O8S2. The molecule has 0 spiro atoms. The van der Waals surface area contributed by atoms with Crippen LogP contribution in [0, 0.1) is 13.8 Å². The Morgan fingerprint density at radius 1 is 0.760 bits per heavy atom. The number of ether oxygens (including phenoxy) is 1. The second-order valence-electron chi connectivity index (χ2n) is 12.4. The monoisotopic (exact) mass is 712 g/mol. The molecule has 1 heterocycles. The standard InChI is InChI=1S/C38H36N2O8S2/c1-24-12-14-35(49(42,43)44)30(16-24)29-18-32(31-17-25(2)13-15-36(31)50(45,46)47)37(34(19-29)48-23-26-8-5-4-6-9-26)38(41)40-21-28-11-7-10-27(20-39-3)33(28)22-40/h4-19,39H,20-23H2,1-3H3,(H,42,43,44)(H,45,46,47). The van der Waals surface area contributed by atoms with Crippen molar-refractivity contribution in [3.8, 4) is 28.0 Å². The summed E-state index contributed by atoms with van der Waals surface area (Å²) in [4.78, 5) is 15.7. The van der Waals surface area contributed by atoms with E-state index >= 15 is 0 Å². The first-order chi connectivity index (χ1) is 23.7.